The predicted molar refractivity (Wildman–Crippen MR) is 76.4 cm³/mol. The Balaban J connectivity index is 1.95. The zero-order valence-corrected chi connectivity index (χ0v) is 11.9. The van der Waals surface area contributed by atoms with Crippen molar-refractivity contribution in [2.75, 3.05) is 24.6 Å². The zero-order valence-electron chi connectivity index (χ0n) is 11.9. The smallest absolute Gasteiger partial charge is 0.133 e. The van der Waals surface area contributed by atoms with Gasteiger partial charge >= 0.3 is 0 Å². The van der Waals surface area contributed by atoms with Crippen LogP contribution in [0.3, 0.4) is 0 Å². The second-order valence-electron chi connectivity index (χ2n) is 6.16. The predicted octanol–water partition coefficient (Wildman–Crippen LogP) is 1.64. The lowest BCUT2D eigenvalue weighted by molar-refractivity contribution is -0.0279. The highest BCUT2D eigenvalue weighted by molar-refractivity contribution is 5.51. The van der Waals surface area contributed by atoms with Crippen molar-refractivity contribution in [3.63, 3.8) is 0 Å². The molecule has 2 heterocycles. The number of ether oxygens (including phenoxy) is 1. The van der Waals surface area contributed by atoms with Crippen LogP contribution < -0.4 is 10.6 Å². The Morgan fingerprint density at radius 2 is 2.26 bits per heavy atom. The summed E-state index contributed by atoms with van der Waals surface area (Å²) in [6.07, 6.45) is 3.50. The molecular weight excluding hydrogens is 238 g/mol. The van der Waals surface area contributed by atoms with E-state index in [2.05, 4.69) is 24.8 Å². The first-order valence-electron chi connectivity index (χ1n) is 7.20. The lowest BCUT2D eigenvalue weighted by atomic mass is 10.1. The molecule has 0 atom stereocenters. The van der Waals surface area contributed by atoms with E-state index in [-0.39, 0.29) is 5.60 Å². The molecule has 0 unspecified atom stereocenters. The Hall–Kier alpha value is -1.13. The standard InChI is InChI=1S/C15H23N3O/c1-15(2)10-18(6-7-19-15)14-12(9-16)8-11-4-3-5-13(11)17-14/h8H,3-7,9-10,16H2,1-2H3. The van der Waals surface area contributed by atoms with Gasteiger partial charge in [-0.1, -0.05) is 0 Å². The molecule has 2 N–H and O–H groups in total. The van der Waals surface area contributed by atoms with E-state index in [0.29, 0.717) is 6.54 Å². The molecule has 3 rings (SSSR count). The van der Waals surface area contributed by atoms with Crippen LogP contribution in [0.2, 0.25) is 0 Å². The summed E-state index contributed by atoms with van der Waals surface area (Å²) in [4.78, 5) is 7.24. The van der Waals surface area contributed by atoms with Gasteiger partial charge < -0.3 is 15.4 Å². The van der Waals surface area contributed by atoms with Crippen LogP contribution in [0.15, 0.2) is 6.07 Å². The minimum absolute atomic E-state index is 0.106. The monoisotopic (exact) mass is 261 g/mol. The average molecular weight is 261 g/mol. The Kier molecular flexibility index (Phi) is 3.23. The van der Waals surface area contributed by atoms with Gasteiger partial charge in [0.05, 0.1) is 12.2 Å². The number of pyridine rings is 1. The molecule has 1 aromatic heterocycles. The van der Waals surface area contributed by atoms with E-state index in [1.807, 2.05) is 0 Å². The number of aromatic nitrogens is 1. The van der Waals surface area contributed by atoms with Crippen LogP contribution in [0.1, 0.15) is 37.1 Å². The van der Waals surface area contributed by atoms with Gasteiger partial charge in [0.15, 0.2) is 0 Å². The molecule has 0 bridgehead atoms. The van der Waals surface area contributed by atoms with Gasteiger partial charge in [-0.25, -0.2) is 4.98 Å². The fraction of sp³-hybridized carbons (Fsp3) is 0.667. The topological polar surface area (TPSA) is 51.4 Å². The Morgan fingerprint density at radius 3 is 3.00 bits per heavy atom. The van der Waals surface area contributed by atoms with Crippen LogP contribution in [0.4, 0.5) is 5.82 Å². The first-order valence-corrected chi connectivity index (χ1v) is 7.20. The number of aryl methyl sites for hydroxylation is 2. The molecule has 1 aromatic rings. The molecule has 1 aliphatic heterocycles. The fourth-order valence-corrected chi connectivity index (χ4v) is 3.13. The van der Waals surface area contributed by atoms with E-state index < -0.39 is 0 Å². The minimum atomic E-state index is -0.106. The second kappa shape index (κ2) is 4.76. The number of morpholine rings is 1. The lowest BCUT2D eigenvalue weighted by Crippen LogP contribution is -2.49. The summed E-state index contributed by atoms with van der Waals surface area (Å²) in [5.74, 6) is 1.08. The Bertz CT molecular complexity index is 485. The molecule has 0 spiro atoms. The molecule has 4 nitrogen and oxygen atoms in total. The van der Waals surface area contributed by atoms with Gasteiger partial charge in [-0.05, 0) is 44.7 Å². The second-order valence-corrected chi connectivity index (χ2v) is 6.16. The van der Waals surface area contributed by atoms with Crippen molar-refractivity contribution in [2.24, 2.45) is 5.73 Å². The minimum Gasteiger partial charge on any atom is -0.372 e. The highest BCUT2D eigenvalue weighted by atomic mass is 16.5. The summed E-state index contributed by atoms with van der Waals surface area (Å²) >= 11 is 0. The van der Waals surface area contributed by atoms with Crippen molar-refractivity contribution in [1.29, 1.82) is 0 Å². The summed E-state index contributed by atoms with van der Waals surface area (Å²) in [7, 11) is 0. The van der Waals surface area contributed by atoms with Crippen LogP contribution in [-0.2, 0) is 24.1 Å². The maximum absolute atomic E-state index is 5.92. The quantitative estimate of drug-likeness (QED) is 0.879. The number of hydrogen-bond acceptors (Lipinski definition) is 4. The van der Waals surface area contributed by atoms with Crippen LogP contribution in [0.5, 0.6) is 0 Å². The van der Waals surface area contributed by atoms with E-state index in [1.54, 1.807) is 0 Å². The summed E-state index contributed by atoms with van der Waals surface area (Å²) in [6.45, 7) is 7.38. The number of nitrogens with two attached hydrogens (primary N) is 1. The zero-order chi connectivity index (χ0) is 13.5. The van der Waals surface area contributed by atoms with Gasteiger partial charge in [-0.15, -0.1) is 0 Å². The first kappa shape index (κ1) is 12.9. The summed E-state index contributed by atoms with van der Waals surface area (Å²) < 4.78 is 5.78. The van der Waals surface area contributed by atoms with Crippen molar-refractivity contribution >= 4 is 5.82 Å². The molecule has 0 radical (unpaired) electrons. The highest BCUT2D eigenvalue weighted by Crippen LogP contribution is 2.29. The third kappa shape index (κ3) is 2.47. The highest BCUT2D eigenvalue weighted by Gasteiger charge is 2.29. The van der Waals surface area contributed by atoms with Crippen LogP contribution in [-0.4, -0.2) is 30.3 Å². The Labute approximate surface area is 115 Å². The molecule has 1 aliphatic carbocycles. The molecule has 104 valence electrons. The maximum atomic E-state index is 5.92. The van der Waals surface area contributed by atoms with E-state index in [0.717, 1.165) is 38.4 Å². The van der Waals surface area contributed by atoms with Gasteiger partial charge in [0.1, 0.15) is 5.82 Å². The normalized spacial score (nSPS) is 21.5. The molecule has 4 heteroatoms. The van der Waals surface area contributed by atoms with Crippen molar-refractivity contribution in [2.45, 2.75) is 45.3 Å². The summed E-state index contributed by atoms with van der Waals surface area (Å²) in [5.41, 5.74) is 9.67. The van der Waals surface area contributed by atoms with Gasteiger partial charge in [0.2, 0.25) is 0 Å². The summed E-state index contributed by atoms with van der Waals surface area (Å²) in [6, 6.07) is 2.27. The molecule has 0 amide bonds. The van der Waals surface area contributed by atoms with E-state index in [4.69, 9.17) is 15.5 Å². The molecule has 1 saturated heterocycles. The van der Waals surface area contributed by atoms with Crippen LogP contribution in [0, 0.1) is 0 Å². The molecule has 0 saturated carbocycles. The fourth-order valence-electron chi connectivity index (χ4n) is 3.13. The van der Waals surface area contributed by atoms with E-state index >= 15 is 0 Å². The average Bonchev–Trinajstić information content (AvgIpc) is 2.83. The molecule has 2 aliphatic rings. The van der Waals surface area contributed by atoms with Gasteiger partial charge in [0.25, 0.3) is 0 Å². The molecule has 1 fully saturated rings. The number of fused-ring (bicyclic) bond motifs is 1. The number of rotatable bonds is 2. The van der Waals surface area contributed by atoms with Crippen molar-refractivity contribution in [1.82, 2.24) is 4.98 Å². The third-order valence-corrected chi connectivity index (χ3v) is 4.05. The van der Waals surface area contributed by atoms with Crippen molar-refractivity contribution in [3.8, 4) is 0 Å². The van der Waals surface area contributed by atoms with Crippen LogP contribution in [0.25, 0.3) is 0 Å². The third-order valence-electron chi connectivity index (χ3n) is 4.05. The number of anilines is 1. The van der Waals surface area contributed by atoms with Gasteiger partial charge in [-0.2, -0.15) is 0 Å². The van der Waals surface area contributed by atoms with Crippen molar-refractivity contribution < 1.29 is 4.74 Å². The van der Waals surface area contributed by atoms with Crippen molar-refractivity contribution in [3.05, 3.63) is 22.9 Å². The van der Waals surface area contributed by atoms with Gasteiger partial charge in [-0.3, -0.25) is 0 Å². The summed E-state index contributed by atoms with van der Waals surface area (Å²) in [5, 5.41) is 0. The molecular formula is C15H23N3O. The maximum Gasteiger partial charge on any atom is 0.133 e. The lowest BCUT2D eigenvalue weighted by Gasteiger charge is -2.39. The SMILES string of the molecule is CC1(C)CN(c2nc3c(cc2CN)CCC3)CCO1. The number of hydrogen-bond donors (Lipinski definition) is 1. The van der Waals surface area contributed by atoms with E-state index in [9.17, 15) is 0 Å². The Morgan fingerprint density at radius 1 is 1.42 bits per heavy atom. The molecule has 0 aromatic carbocycles. The van der Waals surface area contributed by atoms with Gasteiger partial charge in [0, 0.05) is 30.9 Å². The van der Waals surface area contributed by atoms with E-state index in [1.165, 1.54) is 23.2 Å². The number of nitrogens with zero attached hydrogens (tertiary/aromatic N) is 2. The largest absolute Gasteiger partial charge is 0.372 e. The first-order chi connectivity index (χ1) is 9.09. The molecule has 19 heavy (non-hydrogen) atoms. The van der Waals surface area contributed by atoms with Crippen LogP contribution >= 0.6 is 0 Å².